The minimum atomic E-state index is -0.246. The Labute approximate surface area is 168 Å². The van der Waals surface area contributed by atoms with Gasteiger partial charge in [-0.15, -0.1) is 0 Å². The van der Waals surface area contributed by atoms with Crippen LogP contribution in [0.15, 0.2) is 48.5 Å². The quantitative estimate of drug-likeness (QED) is 0.604. The molecule has 0 bridgehead atoms. The normalized spacial score (nSPS) is 18.0. The summed E-state index contributed by atoms with van der Waals surface area (Å²) in [5.74, 6) is 0.366. The van der Waals surface area contributed by atoms with Crippen molar-refractivity contribution < 1.29 is 14.4 Å². The Morgan fingerprint density at radius 1 is 1.04 bits per heavy atom. The van der Waals surface area contributed by atoms with Crippen LogP contribution in [-0.4, -0.2) is 40.7 Å². The lowest BCUT2D eigenvalue weighted by Gasteiger charge is -2.26. The first-order valence-electron chi connectivity index (χ1n) is 9.55. The molecular weight excluding hydrogens is 372 g/mol. The minimum Gasteiger partial charge on any atom is -0.349 e. The van der Waals surface area contributed by atoms with Gasteiger partial charge >= 0.3 is 0 Å². The van der Waals surface area contributed by atoms with Gasteiger partial charge in [0.25, 0.3) is 11.8 Å². The smallest absolute Gasteiger partial charge is 0.261 e. The average molecular weight is 394 g/mol. The highest BCUT2D eigenvalue weighted by Gasteiger charge is 2.34. The number of hydrogen-bond acceptors (Lipinski definition) is 4. The molecule has 0 saturated carbocycles. The Kier molecular flexibility index (Phi) is 5.48. The molecular formula is C22H22N2O3S. The van der Waals surface area contributed by atoms with E-state index in [1.165, 1.54) is 27.8 Å². The summed E-state index contributed by atoms with van der Waals surface area (Å²) in [6, 6.07) is 15.2. The highest BCUT2D eigenvalue weighted by Crippen LogP contribution is 2.29. The molecule has 3 amide bonds. The van der Waals surface area contributed by atoms with Crippen molar-refractivity contribution in [2.24, 2.45) is 0 Å². The second-order valence-electron chi connectivity index (χ2n) is 7.07. The maximum absolute atomic E-state index is 12.3. The zero-order chi connectivity index (χ0) is 19.5. The Bertz CT molecular complexity index is 893. The van der Waals surface area contributed by atoms with Crippen molar-refractivity contribution in [3.8, 4) is 0 Å². The fourth-order valence-corrected chi connectivity index (χ4v) is 4.63. The Morgan fingerprint density at radius 2 is 1.71 bits per heavy atom. The number of benzene rings is 2. The summed E-state index contributed by atoms with van der Waals surface area (Å²) in [4.78, 5) is 38.3. The molecule has 2 aliphatic rings. The number of nitrogens with zero attached hydrogens (tertiary/aromatic N) is 1. The molecule has 1 aliphatic heterocycles. The highest BCUT2D eigenvalue weighted by molar-refractivity contribution is 7.99. The Hall–Kier alpha value is -2.60. The largest absolute Gasteiger partial charge is 0.349 e. The van der Waals surface area contributed by atoms with Gasteiger partial charge in [-0.25, -0.2) is 0 Å². The van der Waals surface area contributed by atoms with Gasteiger partial charge in [-0.05, 0) is 42.5 Å². The van der Waals surface area contributed by atoms with Crippen molar-refractivity contribution in [1.82, 2.24) is 10.2 Å². The number of imide groups is 1. The molecule has 1 N–H and O–H groups in total. The lowest BCUT2D eigenvalue weighted by molar-refractivity contribution is -0.119. The van der Waals surface area contributed by atoms with Gasteiger partial charge in [0.1, 0.15) is 0 Å². The van der Waals surface area contributed by atoms with E-state index in [4.69, 9.17) is 0 Å². The molecule has 2 aromatic rings. The van der Waals surface area contributed by atoms with E-state index < -0.39 is 0 Å². The maximum atomic E-state index is 12.3. The fourth-order valence-electron chi connectivity index (χ4n) is 3.90. The predicted octanol–water partition coefficient (Wildman–Crippen LogP) is 3.21. The van der Waals surface area contributed by atoms with Crippen LogP contribution in [0, 0.1) is 0 Å². The molecule has 0 fully saturated rings. The lowest BCUT2D eigenvalue weighted by Crippen LogP contribution is -2.33. The first-order chi connectivity index (χ1) is 13.6. The zero-order valence-corrected chi connectivity index (χ0v) is 16.3. The van der Waals surface area contributed by atoms with Gasteiger partial charge in [0.2, 0.25) is 5.91 Å². The summed E-state index contributed by atoms with van der Waals surface area (Å²) in [7, 11) is 0. The minimum absolute atomic E-state index is 0.00550. The van der Waals surface area contributed by atoms with Crippen LogP contribution in [0.4, 0.5) is 0 Å². The Balaban J connectivity index is 1.25. The first kappa shape index (κ1) is 18.7. The molecule has 1 heterocycles. The van der Waals surface area contributed by atoms with E-state index in [1.807, 2.05) is 12.1 Å². The third-order valence-electron chi connectivity index (χ3n) is 5.28. The van der Waals surface area contributed by atoms with Crippen molar-refractivity contribution in [3.63, 3.8) is 0 Å². The van der Waals surface area contributed by atoms with Gasteiger partial charge in [-0.2, -0.15) is 11.8 Å². The second kappa shape index (κ2) is 8.19. The van der Waals surface area contributed by atoms with Gasteiger partial charge in [-0.1, -0.05) is 36.4 Å². The van der Waals surface area contributed by atoms with Crippen molar-refractivity contribution in [2.75, 3.05) is 18.1 Å². The number of aryl methyl sites for hydroxylation is 1. The first-order valence-corrected chi connectivity index (χ1v) is 10.7. The third-order valence-corrected chi connectivity index (χ3v) is 6.21. The molecule has 1 aliphatic carbocycles. The summed E-state index contributed by atoms with van der Waals surface area (Å²) in [6.45, 7) is 0.316. The molecule has 28 heavy (non-hydrogen) atoms. The van der Waals surface area contributed by atoms with Gasteiger partial charge in [0.05, 0.1) is 22.9 Å². The number of carbonyl (C=O) groups excluding carboxylic acids is 3. The molecule has 5 nitrogen and oxygen atoms in total. The molecule has 0 spiro atoms. The van der Waals surface area contributed by atoms with Crippen LogP contribution in [0.2, 0.25) is 0 Å². The zero-order valence-electron chi connectivity index (χ0n) is 15.5. The van der Waals surface area contributed by atoms with Crippen LogP contribution in [0.25, 0.3) is 0 Å². The number of fused-ring (bicyclic) bond motifs is 2. The van der Waals surface area contributed by atoms with Crippen molar-refractivity contribution in [2.45, 2.75) is 25.3 Å². The molecule has 0 saturated heterocycles. The van der Waals surface area contributed by atoms with Gasteiger partial charge in [0, 0.05) is 12.3 Å². The van der Waals surface area contributed by atoms with Crippen LogP contribution in [0.3, 0.4) is 0 Å². The molecule has 6 heteroatoms. The number of rotatable bonds is 6. The van der Waals surface area contributed by atoms with Crippen molar-refractivity contribution in [3.05, 3.63) is 70.8 Å². The second-order valence-corrected chi connectivity index (χ2v) is 8.18. The van der Waals surface area contributed by atoms with E-state index in [9.17, 15) is 14.4 Å². The molecule has 1 atom stereocenters. The maximum Gasteiger partial charge on any atom is 0.261 e. The molecule has 2 aromatic carbocycles. The van der Waals surface area contributed by atoms with Gasteiger partial charge in [0.15, 0.2) is 0 Å². The van der Waals surface area contributed by atoms with E-state index in [0.717, 1.165) is 19.3 Å². The summed E-state index contributed by atoms with van der Waals surface area (Å²) >= 11 is 1.44. The van der Waals surface area contributed by atoms with E-state index >= 15 is 0 Å². The van der Waals surface area contributed by atoms with Crippen LogP contribution in [0.1, 0.15) is 50.7 Å². The number of nitrogens with one attached hydrogen (secondary N) is 1. The van der Waals surface area contributed by atoms with Crippen LogP contribution < -0.4 is 5.32 Å². The highest BCUT2D eigenvalue weighted by atomic mass is 32.2. The Morgan fingerprint density at radius 3 is 2.46 bits per heavy atom. The van der Waals surface area contributed by atoms with Crippen molar-refractivity contribution >= 4 is 29.5 Å². The van der Waals surface area contributed by atoms with E-state index in [2.05, 4.69) is 17.4 Å². The number of carbonyl (C=O) groups is 3. The summed E-state index contributed by atoms with van der Waals surface area (Å²) < 4.78 is 0. The van der Waals surface area contributed by atoms with Crippen LogP contribution >= 0.6 is 11.8 Å². The SMILES string of the molecule is O=C(CSCCN1C(=O)c2ccccc2C1=O)N[C@@H]1CCCc2ccccc21. The van der Waals surface area contributed by atoms with Crippen LogP contribution in [0.5, 0.6) is 0 Å². The number of thioether (sulfide) groups is 1. The predicted molar refractivity (Wildman–Crippen MR) is 109 cm³/mol. The third kappa shape index (κ3) is 3.69. The average Bonchev–Trinajstić information content (AvgIpc) is 2.96. The number of hydrogen-bond donors (Lipinski definition) is 1. The molecule has 4 rings (SSSR count). The summed E-state index contributed by atoms with van der Waals surface area (Å²) in [5, 5.41) is 3.13. The summed E-state index contributed by atoms with van der Waals surface area (Å²) in [5.41, 5.74) is 3.47. The molecule has 144 valence electrons. The number of amides is 3. The summed E-state index contributed by atoms with van der Waals surface area (Å²) in [6.07, 6.45) is 3.11. The monoisotopic (exact) mass is 394 g/mol. The molecule has 0 aromatic heterocycles. The fraction of sp³-hybridized carbons (Fsp3) is 0.318. The molecule has 0 unspecified atom stereocenters. The standard InChI is InChI=1S/C22H22N2O3S/c25-20(23-19-11-5-7-15-6-1-2-8-16(15)19)14-28-13-12-24-21(26)17-9-3-4-10-18(17)22(24)27/h1-4,6,8-10,19H,5,7,11-14H2,(H,23,25)/t19-/m1/s1. The van der Waals surface area contributed by atoms with Crippen molar-refractivity contribution in [1.29, 1.82) is 0 Å². The molecule has 0 radical (unpaired) electrons. The van der Waals surface area contributed by atoms with Gasteiger partial charge in [-0.3, -0.25) is 19.3 Å². The van der Waals surface area contributed by atoms with E-state index in [1.54, 1.807) is 24.3 Å². The lowest BCUT2D eigenvalue weighted by atomic mass is 9.88. The van der Waals surface area contributed by atoms with Gasteiger partial charge < -0.3 is 5.32 Å². The van der Waals surface area contributed by atoms with E-state index in [0.29, 0.717) is 29.2 Å². The topological polar surface area (TPSA) is 66.5 Å². The van der Waals surface area contributed by atoms with E-state index in [-0.39, 0.29) is 23.8 Å². The van der Waals surface area contributed by atoms with Crippen LogP contribution in [-0.2, 0) is 11.2 Å².